The number of nitrogens with two attached hydrogens (primary N) is 1. The first kappa shape index (κ1) is 15.1. The van der Waals surface area contributed by atoms with Gasteiger partial charge in [0.25, 0.3) is 0 Å². The molecule has 3 N–H and O–H groups in total. The predicted molar refractivity (Wildman–Crippen MR) is 71.1 cm³/mol. The van der Waals surface area contributed by atoms with Crippen molar-refractivity contribution in [3.05, 3.63) is 17.7 Å². The molecule has 0 spiro atoms. The first-order chi connectivity index (χ1) is 9.03. The van der Waals surface area contributed by atoms with Gasteiger partial charge in [-0.25, -0.2) is 5.43 Å². The fourth-order valence-corrected chi connectivity index (χ4v) is 1.77. The van der Waals surface area contributed by atoms with Crippen molar-refractivity contribution in [3.8, 4) is 23.3 Å². The lowest BCUT2D eigenvalue weighted by atomic mass is 9.94. The van der Waals surface area contributed by atoms with Gasteiger partial charge in [0.15, 0.2) is 11.5 Å². The molecule has 1 aromatic rings. The number of hydrazine groups is 1. The van der Waals surface area contributed by atoms with Crippen LogP contribution in [0.15, 0.2) is 12.1 Å². The molecule has 0 aliphatic carbocycles. The Morgan fingerprint density at radius 1 is 1.21 bits per heavy atom. The van der Waals surface area contributed by atoms with E-state index in [2.05, 4.69) is 11.5 Å². The Bertz CT molecular complexity index is 460. The molecule has 0 aromatic heterocycles. The molecule has 104 valence electrons. The summed E-state index contributed by atoms with van der Waals surface area (Å²) in [6.07, 6.45) is 0.413. The van der Waals surface area contributed by atoms with E-state index in [1.54, 1.807) is 40.4 Å². The fraction of sp³-hybridized carbons (Fsp3) is 0.462. The van der Waals surface area contributed by atoms with Crippen LogP contribution in [-0.2, 0) is 6.42 Å². The van der Waals surface area contributed by atoms with E-state index in [1.165, 1.54) is 0 Å². The van der Waals surface area contributed by atoms with Crippen LogP contribution >= 0.6 is 0 Å². The molecule has 0 radical (unpaired) electrons. The van der Waals surface area contributed by atoms with Gasteiger partial charge < -0.3 is 14.2 Å². The minimum absolute atomic E-state index is 0.413. The lowest BCUT2D eigenvalue weighted by Gasteiger charge is -2.21. The Morgan fingerprint density at radius 3 is 2.05 bits per heavy atom. The number of nitrogens with one attached hydrogen (secondary N) is 1. The number of nitrogens with zero attached hydrogens (tertiary/aromatic N) is 1. The highest BCUT2D eigenvalue weighted by atomic mass is 16.5. The highest BCUT2D eigenvalue weighted by Gasteiger charge is 2.24. The van der Waals surface area contributed by atoms with Gasteiger partial charge in [-0.3, -0.25) is 5.84 Å². The molecule has 1 atom stereocenters. The molecular formula is C13H19N3O3. The van der Waals surface area contributed by atoms with Crippen LogP contribution in [-0.4, -0.2) is 26.9 Å². The molecule has 1 unspecified atom stereocenters. The Morgan fingerprint density at radius 2 is 1.74 bits per heavy atom. The standard InChI is InChI=1S/C13H19N3O3/c1-13(8-14,16-15)7-9-5-10(17-2)12(19-4)11(6-9)18-3/h5-6,16H,7,15H2,1-4H3. The average Bonchev–Trinajstić information content (AvgIpc) is 2.45. The van der Waals surface area contributed by atoms with E-state index in [1.807, 2.05) is 0 Å². The fourth-order valence-electron chi connectivity index (χ4n) is 1.77. The van der Waals surface area contributed by atoms with Crippen LogP contribution in [0.25, 0.3) is 0 Å². The first-order valence-electron chi connectivity index (χ1n) is 5.71. The van der Waals surface area contributed by atoms with Crippen LogP contribution in [0, 0.1) is 11.3 Å². The van der Waals surface area contributed by atoms with Crippen molar-refractivity contribution in [2.45, 2.75) is 18.9 Å². The van der Waals surface area contributed by atoms with Crippen molar-refractivity contribution >= 4 is 0 Å². The van der Waals surface area contributed by atoms with Crippen molar-refractivity contribution < 1.29 is 14.2 Å². The highest BCUT2D eigenvalue weighted by molar-refractivity contribution is 5.54. The topological polar surface area (TPSA) is 89.5 Å². The average molecular weight is 265 g/mol. The third-order valence-corrected chi connectivity index (χ3v) is 2.85. The molecule has 1 rings (SSSR count). The molecular weight excluding hydrogens is 246 g/mol. The lowest BCUT2D eigenvalue weighted by Crippen LogP contribution is -2.47. The van der Waals surface area contributed by atoms with Crippen molar-refractivity contribution in [1.82, 2.24) is 5.43 Å². The van der Waals surface area contributed by atoms with Gasteiger partial charge in [0.1, 0.15) is 5.54 Å². The van der Waals surface area contributed by atoms with E-state index in [9.17, 15) is 0 Å². The summed E-state index contributed by atoms with van der Waals surface area (Å²) in [6, 6.07) is 5.73. The van der Waals surface area contributed by atoms with Crippen molar-refractivity contribution in [3.63, 3.8) is 0 Å². The summed E-state index contributed by atoms with van der Waals surface area (Å²) in [7, 11) is 4.64. The number of methoxy groups -OCH3 is 3. The van der Waals surface area contributed by atoms with Crippen LogP contribution < -0.4 is 25.5 Å². The Labute approximate surface area is 113 Å². The van der Waals surface area contributed by atoms with Crippen molar-refractivity contribution in [1.29, 1.82) is 5.26 Å². The monoisotopic (exact) mass is 265 g/mol. The molecule has 0 amide bonds. The molecule has 0 saturated heterocycles. The maximum atomic E-state index is 9.12. The van der Waals surface area contributed by atoms with Crippen molar-refractivity contribution in [2.75, 3.05) is 21.3 Å². The zero-order valence-corrected chi connectivity index (χ0v) is 11.6. The Balaban J connectivity index is 3.21. The molecule has 0 saturated carbocycles. The summed E-state index contributed by atoms with van der Waals surface area (Å²) in [5.41, 5.74) is 2.51. The summed E-state index contributed by atoms with van der Waals surface area (Å²) in [6.45, 7) is 1.72. The molecule has 1 aromatic carbocycles. The van der Waals surface area contributed by atoms with Crippen molar-refractivity contribution in [2.24, 2.45) is 5.84 Å². The van der Waals surface area contributed by atoms with Gasteiger partial charge in [0.2, 0.25) is 5.75 Å². The predicted octanol–water partition coefficient (Wildman–Crippen LogP) is 1.00. The van der Waals surface area contributed by atoms with Gasteiger partial charge in [-0.2, -0.15) is 5.26 Å². The summed E-state index contributed by atoms with van der Waals surface area (Å²) in [4.78, 5) is 0. The molecule has 0 fully saturated rings. The third-order valence-electron chi connectivity index (χ3n) is 2.85. The zero-order valence-electron chi connectivity index (χ0n) is 11.6. The van der Waals surface area contributed by atoms with Gasteiger partial charge in [0, 0.05) is 6.42 Å². The maximum absolute atomic E-state index is 9.12. The van der Waals surface area contributed by atoms with Gasteiger partial charge in [-0.1, -0.05) is 0 Å². The maximum Gasteiger partial charge on any atom is 0.203 e. The van der Waals surface area contributed by atoms with Crippen LogP contribution in [0.2, 0.25) is 0 Å². The molecule has 0 heterocycles. The summed E-state index contributed by atoms with van der Waals surface area (Å²) in [5, 5.41) is 9.12. The molecule has 19 heavy (non-hydrogen) atoms. The van der Waals surface area contributed by atoms with E-state index in [-0.39, 0.29) is 0 Å². The number of rotatable bonds is 6. The first-order valence-corrected chi connectivity index (χ1v) is 5.71. The van der Waals surface area contributed by atoms with Gasteiger partial charge in [-0.05, 0) is 24.6 Å². The molecule has 0 aliphatic rings. The minimum atomic E-state index is -0.857. The second-order valence-electron chi connectivity index (χ2n) is 4.30. The second kappa shape index (κ2) is 6.27. The smallest absolute Gasteiger partial charge is 0.203 e. The number of nitriles is 1. The Kier molecular flexibility index (Phi) is 4.98. The van der Waals surface area contributed by atoms with Crippen LogP contribution in [0.5, 0.6) is 17.2 Å². The molecule has 6 heteroatoms. The second-order valence-corrected chi connectivity index (χ2v) is 4.30. The summed E-state index contributed by atoms with van der Waals surface area (Å²) < 4.78 is 15.8. The lowest BCUT2D eigenvalue weighted by molar-refractivity contribution is 0.323. The SMILES string of the molecule is COc1cc(CC(C)(C#N)NN)cc(OC)c1OC. The van der Waals surface area contributed by atoms with Crippen LogP contribution in [0.4, 0.5) is 0 Å². The Hall–Kier alpha value is -1.97. The summed E-state index contributed by atoms with van der Waals surface area (Å²) in [5.74, 6) is 7.02. The molecule has 0 bridgehead atoms. The number of hydrogen-bond acceptors (Lipinski definition) is 6. The molecule has 6 nitrogen and oxygen atoms in total. The van der Waals surface area contributed by atoms with Gasteiger partial charge in [0.05, 0.1) is 27.4 Å². The van der Waals surface area contributed by atoms with E-state index < -0.39 is 5.54 Å². The normalized spacial score (nSPS) is 13.3. The third kappa shape index (κ3) is 3.28. The number of ether oxygens (including phenoxy) is 3. The zero-order chi connectivity index (χ0) is 14.5. The quantitative estimate of drug-likeness (QED) is 0.589. The van der Waals surface area contributed by atoms with E-state index in [0.717, 1.165) is 5.56 Å². The number of hydrogen-bond donors (Lipinski definition) is 2. The van der Waals surface area contributed by atoms with Gasteiger partial charge >= 0.3 is 0 Å². The van der Waals surface area contributed by atoms with Gasteiger partial charge in [-0.15, -0.1) is 0 Å². The van der Waals surface area contributed by atoms with E-state index in [0.29, 0.717) is 23.7 Å². The largest absolute Gasteiger partial charge is 0.493 e. The van der Waals surface area contributed by atoms with E-state index in [4.69, 9.17) is 25.3 Å². The highest BCUT2D eigenvalue weighted by Crippen LogP contribution is 2.38. The van der Waals surface area contributed by atoms with Crippen LogP contribution in [0.1, 0.15) is 12.5 Å². The number of benzene rings is 1. The minimum Gasteiger partial charge on any atom is -0.493 e. The van der Waals surface area contributed by atoms with E-state index >= 15 is 0 Å². The van der Waals surface area contributed by atoms with Crippen LogP contribution in [0.3, 0.4) is 0 Å². The summed E-state index contributed by atoms with van der Waals surface area (Å²) >= 11 is 0. The molecule has 0 aliphatic heterocycles.